The number of carboxylic acid groups (broad SMARTS) is 1. The van der Waals surface area contributed by atoms with Crippen LogP contribution >= 0.6 is 43.6 Å². The quantitative estimate of drug-likeness (QED) is 0.362. The topological polar surface area (TPSA) is 46.5 Å². The van der Waals surface area contributed by atoms with Crippen molar-refractivity contribution in [1.82, 2.24) is 0 Å². The summed E-state index contributed by atoms with van der Waals surface area (Å²) in [5.41, 5.74) is 1.60. The molecule has 3 nitrogen and oxygen atoms in total. The Morgan fingerprint density at radius 1 is 1.22 bits per heavy atom. The highest BCUT2D eigenvalue weighted by Gasteiger charge is 2.13. The number of halogens is 2. The molecular weight excluding hydrogens is 444 g/mol. The van der Waals surface area contributed by atoms with Crippen LogP contribution in [0.4, 0.5) is 0 Å². The second-order valence-electron chi connectivity index (χ2n) is 4.61. The summed E-state index contributed by atoms with van der Waals surface area (Å²) in [6, 6.07) is 10.8. The molecule has 2 aromatic carbocycles. The van der Waals surface area contributed by atoms with Crippen molar-refractivity contribution in [2.45, 2.75) is 4.90 Å². The van der Waals surface area contributed by atoms with Gasteiger partial charge in [-0.1, -0.05) is 12.1 Å². The molecule has 0 fully saturated rings. The molecule has 0 aliphatic rings. The molecule has 120 valence electrons. The molecule has 0 aliphatic heterocycles. The Labute approximate surface area is 156 Å². The van der Waals surface area contributed by atoms with Gasteiger partial charge in [0.2, 0.25) is 0 Å². The highest BCUT2D eigenvalue weighted by molar-refractivity contribution is 9.11. The Hall–Kier alpha value is -1.24. The fraction of sp³-hybridized carbons (Fsp3) is 0.118. The number of aliphatic carboxylic acids is 1. The predicted molar refractivity (Wildman–Crippen MR) is 102 cm³/mol. The first kappa shape index (κ1) is 18.1. The van der Waals surface area contributed by atoms with Crippen LogP contribution in [-0.2, 0) is 4.79 Å². The van der Waals surface area contributed by atoms with Gasteiger partial charge in [0.15, 0.2) is 0 Å². The minimum Gasteiger partial charge on any atom is -0.497 e. The lowest BCUT2D eigenvalue weighted by molar-refractivity contribution is -0.130. The van der Waals surface area contributed by atoms with E-state index in [0.29, 0.717) is 11.3 Å². The maximum Gasteiger partial charge on any atom is 0.336 e. The van der Waals surface area contributed by atoms with Gasteiger partial charge in [-0.3, -0.25) is 0 Å². The summed E-state index contributed by atoms with van der Waals surface area (Å²) in [6.45, 7) is 0. The minimum absolute atomic E-state index is 0.208. The summed E-state index contributed by atoms with van der Waals surface area (Å²) in [6.07, 6.45) is 3.63. The minimum atomic E-state index is -0.987. The van der Waals surface area contributed by atoms with Crippen molar-refractivity contribution in [3.8, 4) is 5.75 Å². The van der Waals surface area contributed by atoms with Crippen LogP contribution in [0, 0.1) is 0 Å². The van der Waals surface area contributed by atoms with Gasteiger partial charge in [-0.2, -0.15) is 0 Å². The maximum absolute atomic E-state index is 11.7. The number of carboxylic acids is 1. The number of ether oxygens (including phenoxy) is 1. The monoisotopic (exact) mass is 456 g/mol. The van der Waals surface area contributed by atoms with E-state index in [1.807, 2.05) is 18.4 Å². The summed E-state index contributed by atoms with van der Waals surface area (Å²) >= 11 is 8.64. The van der Waals surface area contributed by atoms with Crippen molar-refractivity contribution in [3.63, 3.8) is 0 Å². The number of carbonyl (C=O) groups is 1. The van der Waals surface area contributed by atoms with E-state index in [9.17, 15) is 9.90 Å². The molecule has 0 bridgehead atoms. The first-order valence-electron chi connectivity index (χ1n) is 6.58. The molecular formula is C17H14Br2O3S. The van der Waals surface area contributed by atoms with Gasteiger partial charge in [0.05, 0.1) is 12.7 Å². The van der Waals surface area contributed by atoms with Crippen molar-refractivity contribution in [3.05, 3.63) is 56.5 Å². The summed E-state index contributed by atoms with van der Waals surface area (Å²) < 4.78 is 7.00. The molecule has 0 radical (unpaired) electrons. The average Bonchev–Trinajstić information content (AvgIpc) is 2.52. The first-order valence-corrected chi connectivity index (χ1v) is 9.39. The molecule has 0 amide bonds. The van der Waals surface area contributed by atoms with Crippen molar-refractivity contribution < 1.29 is 14.6 Å². The summed E-state index contributed by atoms with van der Waals surface area (Å²) in [5.74, 6) is -0.366. The molecule has 0 aromatic heterocycles. The second kappa shape index (κ2) is 8.04. The highest BCUT2D eigenvalue weighted by atomic mass is 79.9. The van der Waals surface area contributed by atoms with E-state index in [1.165, 1.54) is 0 Å². The van der Waals surface area contributed by atoms with E-state index in [1.54, 1.807) is 49.2 Å². The normalized spacial score (nSPS) is 11.4. The van der Waals surface area contributed by atoms with Crippen LogP contribution in [0.2, 0.25) is 0 Å². The second-order valence-corrected chi connectivity index (χ2v) is 7.14. The molecule has 0 atom stereocenters. The van der Waals surface area contributed by atoms with E-state index in [4.69, 9.17) is 4.74 Å². The zero-order chi connectivity index (χ0) is 17.0. The summed E-state index contributed by atoms with van der Waals surface area (Å²) in [4.78, 5) is 12.7. The fourth-order valence-corrected chi connectivity index (χ4v) is 4.78. The molecule has 0 saturated carbocycles. The molecule has 2 aromatic rings. The van der Waals surface area contributed by atoms with Gasteiger partial charge in [0.1, 0.15) is 5.75 Å². The zero-order valence-electron chi connectivity index (χ0n) is 12.5. The summed E-state index contributed by atoms with van der Waals surface area (Å²) in [5, 5.41) is 9.55. The molecule has 0 aliphatic carbocycles. The van der Waals surface area contributed by atoms with Gasteiger partial charge >= 0.3 is 5.97 Å². The van der Waals surface area contributed by atoms with E-state index >= 15 is 0 Å². The molecule has 0 heterocycles. The fourth-order valence-electron chi connectivity index (χ4n) is 2.08. The van der Waals surface area contributed by atoms with Crippen molar-refractivity contribution >= 4 is 61.2 Å². The lowest BCUT2D eigenvalue weighted by atomic mass is 10.0. The van der Waals surface area contributed by atoms with Crippen molar-refractivity contribution in [1.29, 1.82) is 0 Å². The Kier molecular flexibility index (Phi) is 6.33. The third kappa shape index (κ3) is 4.40. The number of hydrogen-bond donors (Lipinski definition) is 1. The van der Waals surface area contributed by atoms with Gasteiger partial charge in [0.25, 0.3) is 0 Å². The van der Waals surface area contributed by atoms with Crippen molar-refractivity contribution in [2.75, 3.05) is 13.4 Å². The highest BCUT2D eigenvalue weighted by Crippen LogP contribution is 2.35. The van der Waals surface area contributed by atoms with Crippen LogP contribution in [0.1, 0.15) is 11.1 Å². The van der Waals surface area contributed by atoms with E-state index < -0.39 is 5.97 Å². The number of methoxy groups -OCH3 is 1. The lowest BCUT2D eigenvalue weighted by Gasteiger charge is -2.08. The number of hydrogen-bond acceptors (Lipinski definition) is 3. The number of benzene rings is 2. The van der Waals surface area contributed by atoms with Crippen LogP contribution in [0.15, 0.2) is 50.2 Å². The van der Waals surface area contributed by atoms with E-state index in [-0.39, 0.29) is 5.57 Å². The SMILES string of the molecule is COc1cccc(/C(=C\c2cc(Br)c(SC)c(Br)c2)C(=O)O)c1. The Bertz CT molecular complexity index is 749. The largest absolute Gasteiger partial charge is 0.497 e. The number of thioether (sulfide) groups is 1. The van der Waals surface area contributed by atoms with Gasteiger partial charge in [-0.25, -0.2) is 4.79 Å². The van der Waals surface area contributed by atoms with Crippen LogP contribution < -0.4 is 4.74 Å². The van der Waals surface area contributed by atoms with Gasteiger partial charge in [-0.15, -0.1) is 11.8 Å². The van der Waals surface area contributed by atoms with E-state index in [2.05, 4.69) is 31.9 Å². The molecule has 0 saturated heterocycles. The lowest BCUT2D eigenvalue weighted by Crippen LogP contribution is -2.00. The molecule has 0 unspecified atom stereocenters. The van der Waals surface area contributed by atoms with Crippen molar-refractivity contribution in [2.24, 2.45) is 0 Å². The Balaban J connectivity index is 2.53. The molecule has 2 rings (SSSR count). The Morgan fingerprint density at radius 2 is 1.87 bits per heavy atom. The smallest absolute Gasteiger partial charge is 0.336 e. The predicted octanol–water partition coefficient (Wildman–Crippen LogP) is 5.57. The van der Waals surface area contributed by atoms with E-state index in [0.717, 1.165) is 19.4 Å². The van der Waals surface area contributed by atoms with Gasteiger partial charge in [0, 0.05) is 13.8 Å². The Morgan fingerprint density at radius 3 is 2.39 bits per heavy atom. The average molecular weight is 458 g/mol. The third-order valence-corrected chi connectivity index (χ3v) is 5.77. The third-order valence-electron chi connectivity index (χ3n) is 3.15. The maximum atomic E-state index is 11.7. The molecule has 0 spiro atoms. The zero-order valence-corrected chi connectivity index (χ0v) is 16.5. The molecule has 6 heteroatoms. The number of rotatable bonds is 5. The molecule has 1 N–H and O–H groups in total. The van der Waals surface area contributed by atoms with Crippen LogP contribution in [-0.4, -0.2) is 24.4 Å². The standard InChI is InChI=1S/C17H14Br2O3S/c1-22-12-5-3-4-11(9-12)13(17(20)21)6-10-7-14(18)16(23-2)15(19)8-10/h3-9H,1-2H3,(H,20,21)/b13-6+. The first-order chi connectivity index (χ1) is 11.0. The van der Waals surface area contributed by atoms with Gasteiger partial charge in [-0.05, 0) is 79.6 Å². The van der Waals surface area contributed by atoms with Gasteiger partial charge < -0.3 is 9.84 Å². The van der Waals surface area contributed by atoms with Crippen LogP contribution in [0.25, 0.3) is 11.6 Å². The van der Waals surface area contributed by atoms with Crippen LogP contribution in [0.5, 0.6) is 5.75 Å². The van der Waals surface area contributed by atoms with Crippen LogP contribution in [0.3, 0.4) is 0 Å². The molecule has 23 heavy (non-hydrogen) atoms. The summed E-state index contributed by atoms with van der Waals surface area (Å²) in [7, 11) is 1.55.